The van der Waals surface area contributed by atoms with E-state index in [1.165, 1.54) is 112 Å². The van der Waals surface area contributed by atoms with E-state index < -0.39 is 0 Å². The number of thiophene rings is 2. The number of aromatic nitrogens is 2. The Balaban J connectivity index is 1.11. The van der Waals surface area contributed by atoms with Crippen LogP contribution >= 0.6 is 22.7 Å². The number of rotatable bonds is 4. The first kappa shape index (κ1) is 32.4. The number of hydrogen-bond donors (Lipinski definition) is 0. The molecule has 0 radical (unpaired) electrons. The van der Waals surface area contributed by atoms with Gasteiger partial charge in [0.2, 0.25) is 0 Å². The molecule has 12 aromatic rings. The zero-order valence-corrected chi connectivity index (χ0v) is 33.1. The molecule has 0 atom stereocenters. The minimum absolute atomic E-state index is 1.12. The molecule has 0 bridgehead atoms. The smallest absolute Gasteiger partial charge is 0.0619 e. The molecule has 8 aromatic carbocycles. The third-order valence-corrected chi connectivity index (χ3v) is 14.9. The van der Waals surface area contributed by atoms with Crippen LogP contribution in [0.15, 0.2) is 176 Å². The normalized spacial score (nSPS) is 13.0. The lowest BCUT2D eigenvalue weighted by Crippen LogP contribution is -1.96. The second kappa shape index (κ2) is 12.4. The summed E-state index contributed by atoms with van der Waals surface area (Å²) in [6.45, 7) is 0. The Kier molecular flexibility index (Phi) is 6.91. The number of para-hydroxylation sites is 4. The van der Waals surface area contributed by atoms with Crippen molar-refractivity contribution in [3.8, 4) is 33.6 Å². The van der Waals surface area contributed by atoms with Gasteiger partial charge >= 0.3 is 0 Å². The molecule has 0 unspecified atom stereocenters. The van der Waals surface area contributed by atoms with Crippen molar-refractivity contribution in [1.29, 1.82) is 0 Å². The van der Waals surface area contributed by atoms with Gasteiger partial charge in [0.15, 0.2) is 0 Å². The van der Waals surface area contributed by atoms with Gasteiger partial charge in [-0.1, -0.05) is 133 Å². The summed E-state index contributed by atoms with van der Waals surface area (Å²) < 4.78 is 9.03. The molecule has 13 rings (SSSR count). The monoisotopic (exact) mass is 774 g/mol. The summed E-state index contributed by atoms with van der Waals surface area (Å²) in [5.41, 5.74) is 13.7. The predicted molar refractivity (Wildman–Crippen MR) is 252 cm³/mol. The Hall–Kier alpha value is -6.72. The van der Waals surface area contributed by atoms with Gasteiger partial charge in [-0.05, 0) is 72.5 Å². The molecule has 1 aliphatic rings. The van der Waals surface area contributed by atoms with Crippen molar-refractivity contribution >= 4 is 103 Å². The standard InChI is InChI=1S/C54H34N2S2/c1-2-14-34(15-3-1)56-48-25-9-5-17-38(48)42-21-12-20-36(52(42)56)33-28-29-39-37-16-4-8-24-47(37)55(49(39)30-33)35-31-45-41-19-7-11-27-51(41)58-54(45)46(32-35)44-23-13-22-43-40-18-6-10-26-50(40)57-53(43)44/h1-9,11-25,27-32H,10,26H2. The number of nitrogens with zero attached hydrogens (tertiary/aromatic N) is 2. The van der Waals surface area contributed by atoms with Crippen LogP contribution in [0.5, 0.6) is 0 Å². The molecule has 2 nitrogen and oxygen atoms in total. The summed E-state index contributed by atoms with van der Waals surface area (Å²) >= 11 is 3.91. The summed E-state index contributed by atoms with van der Waals surface area (Å²) in [6, 6.07) is 63.3. The highest BCUT2D eigenvalue weighted by atomic mass is 32.1. The average molecular weight is 775 g/mol. The minimum atomic E-state index is 1.12. The maximum atomic E-state index is 2.53. The first-order valence-electron chi connectivity index (χ1n) is 20.1. The van der Waals surface area contributed by atoms with Gasteiger partial charge in [-0.3, -0.25) is 0 Å². The minimum Gasteiger partial charge on any atom is -0.309 e. The van der Waals surface area contributed by atoms with Gasteiger partial charge in [-0.25, -0.2) is 0 Å². The second-order valence-corrected chi connectivity index (χ2v) is 17.7. The fourth-order valence-corrected chi connectivity index (χ4v) is 12.4. The van der Waals surface area contributed by atoms with Crippen molar-refractivity contribution in [2.24, 2.45) is 0 Å². The third kappa shape index (κ3) is 4.59. The molecule has 272 valence electrons. The van der Waals surface area contributed by atoms with Crippen molar-refractivity contribution in [3.63, 3.8) is 0 Å². The van der Waals surface area contributed by atoms with Crippen molar-refractivity contribution in [3.05, 3.63) is 186 Å². The number of aryl methyl sites for hydroxylation is 1. The molecule has 0 fully saturated rings. The van der Waals surface area contributed by atoms with E-state index in [-0.39, 0.29) is 0 Å². The van der Waals surface area contributed by atoms with Crippen LogP contribution in [-0.2, 0) is 6.42 Å². The van der Waals surface area contributed by atoms with Crippen LogP contribution in [0.4, 0.5) is 0 Å². The number of allylic oxidation sites excluding steroid dienone is 1. The molecule has 4 heteroatoms. The third-order valence-electron chi connectivity index (χ3n) is 12.4. The van der Waals surface area contributed by atoms with Crippen LogP contribution in [-0.4, -0.2) is 9.13 Å². The van der Waals surface area contributed by atoms with Gasteiger partial charge < -0.3 is 9.13 Å². The Labute approximate surface area is 342 Å². The van der Waals surface area contributed by atoms with Crippen molar-refractivity contribution in [1.82, 2.24) is 9.13 Å². The lowest BCUT2D eigenvalue weighted by Gasteiger charge is -2.14. The van der Waals surface area contributed by atoms with Crippen LogP contribution < -0.4 is 0 Å². The van der Waals surface area contributed by atoms with Crippen LogP contribution in [0.25, 0.3) is 114 Å². The largest absolute Gasteiger partial charge is 0.309 e. The highest BCUT2D eigenvalue weighted by Gasteiger charge is 2.22. The maximum Gasteiger partial charge on any atom is 0.0619 e. The fraction of sp³-hybridized carbons (Fsp3) is 0.0370. The zero-order valence-electron chi connectivity index (χ0n) is 31.4. The molecule has 4 aromatic heterocycles. The quantitative estimate of drug-likeness (QED) is 0.169. The summed E-state index contributed by atoms with van der Waals surface area (Å²) in [5.74, 6) is 0. The van der Waals surface area contributed by atoms with Crippen LogP contribution in [0.3, 0.4) is 0 Å². The molecule has 0 spiro atoms. The van der Waals surface area contributed by atoms with E-state index in [1.807, 2.05) is 22.7 Å². The first-order valence-corrected chi connectivity index (χ1v) is 21.7. The lowest BCUT2D eigenvalue weighted by molar-refractivity contribution is 1.02. The Morgan fingerprint density at radius 3 is 1.95 bits per heavy atom. The van der Waals surface area contributed by atoms with Gasteiger partial charge in [0.05, 0.1) is 22.1 Å². The Morgan fingerprint density at radius 2 is 1.09 bits per heavy atom. The zero-order chi connectivity index (χ0) is 37.9. The molecule has 1 aliphatic carbocycles. The first-order chi connectivity index (χ1) is 28.8. The Bertz CT molecular complexity index is 3680. The van der Waals surface area contributed by atoms with E-state index in [0.29, 0.717) is 0 Å². The molecule has 4 heterocycles. The molecule has 0 N–H and O–H groups in total. The molecule has 58 heavy (non-hydrogen) atoms. The van der Waals surface area contributed by atoms with Gasteiger partial charge in [-0.15, -0.1) is 22.7 Å². The topological polar surface area (TPSA) is 9.86 Å². The predicted octanol–water partition coefficient (Wildman–Crippen LogP) is 15.8. The van der Waals surface area contributed by atoms with Gasteiger partial charge in [-0.2, -0.15) is 0 Å². The van der Waals surface area contributed by atoms with Crippen molar-refractivity contribution in [2.45, 2.75) is 12.8 Å². The van der Waals surface area contributed by atoms with E-state index in [0.717, 1.165) is 18.5 Å². The van der Waals surface area contributed by atoms with Gasteiger partial charge in [0.1, 0.15) is 0 Å². The maximum absolute atomic E-state index is 2.53. The van der Waals surface area contributed by atoms with E-state index in [9.17, 15) is 0 Å². The van der Waals surface area contributed by atoms with E-state index >= 15 is 0 Å². The van der Waals surface area contributed by atoms with Crippen molar-refractivity contribution in [2.75, 3.05) is 0 Å². The van der Waals surface area contributed by atoms with E-state index in [1.54, 1.807) is 0 Å². The molecule has 0 aliphatic heterocycles. The number of hydrogen-bond acceptors (Lipinski definition) is 2. The van der Waals surface area contributed by atoms with E-state index in [4.69, 9.17) is 0 Å². The highest BCUT2D eigenvalue weighted by Crippen LogP contribution is 2.48. The average Bonchev–Trinajstić information content (AvgIpc) is 4.04. The highest BCUT2D eigenvalue weighted by molar-refractivity contribution is 7.26. The van der Waals surface area contributed by atoms with Crippen LogP contribution in [0.2, 0.25) is 0 Å². The van der Waals surface area contributed by atoms with E-state index in [2.05, 4.69) is 191 Å². The molecular weight excluding hydrogens is 741 g/mol. The fourth-order valence-electron chi connectivity index (χ4n) is 9.84. The second-order valence-electron chi connectivity index (χ2n) is 15.5. The number of benzene rings is 8. The van der Waals surface area contributed by atoms with Gasteiger partial charge in [0, 0.05) is 84.7 Å². The number of fused-ring (bicyclic) bond motifs is 12. The SMILES string of the molecule is C1=Cc2c(sc3c(-c4cc(-n5c6ccccc6c6ccc(-c7cccc8c9ccccc9n(-c9ccccc9)c78)cc65)cc5c4sc4ccccc45)cccc23)CC1. The molecular formula is C54H34N2S2. The van der Waals surface area contributed by atoms with Crippen molar-refractivity contribution < 1.29 is 0 Å². The summed E-state index contributed by atoms with van der Waals surface area (Å²) in [6.07, 6.45) is 6.92. The molecule has 0 amide bonds. The summed E-state index contributed by atoms with van der Waals surface area (Å²) in [5, 5.41) is 9.04. The van der Waals surface area contributed by atoms with Crippen LogP contribution in [0, 0.1) is 0 Å². The summed E-state index contributed by atoms with van der Waals surface area (Å²) in [7, 11) is 0. The molecule has 0 saturated heterocycles. The van der Waals surface area contributed by atoms with Gasteiger partial charge in [0.25, 0.3) is 0 Å². The summed E-state index contributed by atoms with van der Waals surface area (Å²) in [4.78, 5) is 1.50. The Morgan fingerprint density at radius 1 is 0.414 bits per heavy atom. The molecule has 0 saturated carbocycles. The van der Waals surface area contributed by atoms with Crippen LogP contribution in [0.1, 0.15) is 16.9 Å². The lowest BCUT2D eigenvalue weighted by atomic mass is 9.97.